The van der Waals surface area contributed by atoms with Crippen LogP contribution < -0.4 is 5.73 Å². The van der Waals surface area contributed by atoms with Crippen molar-refractivity contribution < 1.29 is 13.9 Å². The first-order valence-corrected chi connectivity index (χ1v) is 4.36. The van der Waals surface area contributed by atoms with Gasteiger partial charge in [0.2, 0.25) is 0 Å². The van der Waals surface area contributed by atoms with Crippen LogP contribution in [0.5, 0.6) is 0 Å². The number of pyridine rings is 1. The fourth-order valence-corrected chi connectivity index (χ4v) is 1.20. The molecular weight excluding hydrogens is 214 g/mol. The molecule has 1 aromatic heterocycles. The molecule has 1 rings (SSSR count). The van der Waals surface area contributed by atoms with E-state index in [9.17, 15) is 8.78 Å². The number of anilines is 1. The van der Waals surface area contributed by atoms with Crippen LogP contribution in [-0.4, -0.2) is 10.1 Å². The summed E-state index contributed by atoms with van der Waals surface area (Å²) in [5.74, 6) is 0.00694. The van der Waals surface area contributed by atoms with Crippen LogP contribution in [0.15, 0.2) is 6.07 Å². The molecule has 0 radical (unpaired) electrons. The Kier molecular flexibility index (Phi) is 3.60. The van der Waals surface area contributed by atoms with E-state index < -0.39 is 13.0 Å². The summed E-state index contributed by atoms with van der Waals surface area (Å²) < 4.78 is 24.9. The second-order valence-electron chi connectivity index (χ2n) is 2.66. The lowest BCUT2D eigenvalue weighted by molar-refractivity contribution is 0.151. The van der Waals surface area contributed by atoms with Crippen molar-refractivity contribution in [2.75, 3.05) is 5.73 Å². The molecule has 14 heavy (non-hydrogen) atoms. The van der Waals surface area contributed by atoms with Gasteiger partial charge in [0.15, 0.2) is 0 Å². The molecule has 0 spiro atoms. The minimum Gasteiger partial charge on any atom is -0.397 e. The lowest BCUT2D eigenvalue weighted by atomic mass is 10.1. The number of aliphatic hydroxyl groups is 1. The van der Waals surface area contributed by atoms with Gasteiger partial charge in [-0.25, -0.2) is 8.78 Å². The second-order valence-corrected chi connectivity index (χ2v) is 2.92. The van der Waals surface area contributed by atoms with Gasteiger partial charge in [-0.15, -0.1) is 11.6 Å². The molecule has 0 atom stereocenters. The number of nitrogens with two attached hydrogens (primary N) is 1. The summed E-state index contributed by atoms with van der Waals surface area (Å²) in [5, 5.41) is 8.81. The summed E-state index contributed by atoms with van der Waals surface area (Å²) in [6.45, 7) is -0.476. The Morgan fingerprint density at radius 2 is 2.21 bits per heavy atom. The van der Waals surface area contributed by atoms with E-state index in [0.29, 0.717) is 0 Å². The van der Waals surface area contributed by atoms with Gasteiger partial charge < -0.3 is 10.8 Å². The number of nitrogen functional groups attached to an aromatic ring is 1. The topological polar surface area (TPSA) is 59.1 Å². The zero-order valence-electron chi connectivity index (χ0n) is 7.17. The molecule has 0 fully saturated rings. The quantitative estimate of drug-likeness (QED) is 0.768. The van der Waals surface area contributed by atoms with Gasteiger partial charge in [-0.05, 0) is 6.07 Å². The fraction of sp³-hybridized carbons (Fsp3) is 0.375. The van der Waals surface area contributed by atoms with Gasteiger partial charge in [-0.2, -0.15) is 0 Å². The summed E-state index contributed by atoms with van der Waals surface area (Å²) in [4.78, 5) is 3.81. The zero-order chi connectivity index (χ0) is 10.7. The lowest BCUT2D eigenvalue weighted by Gasteiger charge is -2.09. The van der Waals surface area contributed by atoms with Crippen LogP contribution in [0, 0.1) is 0 Å². The van der Waals surface area contributed by atoms with Gasteiger partial charge in [0, 0.05) is 5.56 Å². The van der Waals surface area contributed by atoms with Crippen LogP contribution in [0.1, 0.15) is 23.4 Å². The number of aliphatic hydroxyl groups excluding tert-OH is 1. The van der Waals surface area contributed by atoms with Crippen LogP contribution in [-0.2, 0) is 12.5 Å². The van der Waals surface area contributed by atoms with Crippen molar-refractivity contribution in [3.63, 3.8) is 0 Å². The third kappa shape index (κ3) is 2.10. The Morgan fingerprint density at radius 3 is 2.64 bits per heavy atom. The number of halogens is 3. The zero-order valence-corrected chi connectivity index (χ0v) is 7.93. The SMILES string of the molecule is Nc1c(C(F)F)cc(CCl)nc1CO. The van der Waals surface area contributed by atoms with Crippen LogP contribution in [0.25, 0.3) is 0 Å². The maximum Gasteiger partial charge on any atom is 0.265 e. The maximum absolute atomic E-state index is 12.4. The molecular formula is C8H9ClF2N2O. The van der Waals surface area contributed by atoms with Crippen LogP contribution >= 0.6 is 11.6 Å². The van der Waals surface area contributed by atoms with Crippen LogP contribution in [0.4, 0.5) is 14.5 Å². The van der Waals surface area contributed by atoms with E-state index in [1.807, 2.05) is 0 Å². The predicted molar refractivity (Wildman–Crippen MR) is 49.1 cm³/mol. The van der Waals surface area contributed by atoms with Gasteiger partial charge in [-0.3, -0.25) is 4.98 Å². The van der Waals surface area contributed by atoms with Crippen LogP contribution in [0.2, 0.25) is 0 Å². The third-order valence-electron chi connectivity index (χ3n) is 1.74. The average molecular weight is 223 g/mol. The van der Waals surface area contributed by atoms with Gasteiger partial charge in [-0.1, -0.05) is 0 Å². The van der Waals surface area contributed by atoms with Gasteiger partial charge in [0.25, 0.3) is 6.43 Å². The molecule has 78 valence electrons. The number of rotatable bonds is 3. The molecule has 3 nitrogen and oxygen atoms in total. The van der Waals surface area contributed by atoms with Crippen molar-refractivity contribution in [1.29, 1.82) is 0 Å². The first-order chi connectivity index (χ1) is 6.60. The summed E-state index contributed by atoms with van der Waals surface area (Å²) in [7, 11) is 0. The molecule has 0 aliphatic heterocycles. The monoisotopic (exact) mass is 222 g/mol. The Morgan fingerprint density at radius 1 is 1.57 bits per heavy atom. The van der Waals surface area contributed by atoms with Crippen molar-refractivity contribution in [3.8, 4) is 0 Å². The fourth-order valence-electron chi connectivity index (χ4n) is 1.06. The van der Waals surface area contributed by atoms with Crippen molar-refractivity contribution in [2.45, 2.75) is 18.9 Å². The molecule has 0 saturated heterocycles. The average Bonchev–Trinajstić information content (AvgIpc) is 2.17. The molecule has 0 bridgehead atoms. The number of hydrogen-bond acceptors (Lipinski definition) is 3. The molecule has 1 aromatic rings. The van der Waals surface area contributed by atoms with Gasteiger partial charge >= 0.3 is 0 Å². The highest BCUT2D eigenvalue weighted by Crippen LogP contribution is 2.28. The highest BCUT2D eigenvalue weighted by Gasteiger charge is 2.16. The smallest absolute Gasteiger partial charge is 0.265 e. The van der Waals surface area contributed by atoms with Crippen LogP contribution in [0.3, 0.4) is 0 Å². The standard InChI is InChI=1S/C8H9ClF2N2O/c9-2-4-1-5(8(10)11)7(12)6(3-14)13-4/h1,8,14H,2-3,12H2. The van der Waals surface area contributed by atoms with Crippen molar-refractivity contribution >= 4 is 17.3 Å². The minimum absolute atomic E-state index is 0.00694. The van der Waals surface area contributed by atoms with E-state index in [-0.39, 0.29) is 28.5 Å². The molecule has 0 aromatic carbocycles. The Balaban J connectivity index is 3.27. The van der Waals surface area contributed by atoms with Crippen molar-refractivity contribution in [3.05, 3.63) is 23.0 Å². The second kappa shape index (κ2) is 4.52. The molecule has 0 aliphatic carbocycles. The summed E-state index contributed by atoms with van der Waals surface area (Å²) in [5.41, 5.74) is 5.19. The van der Waals surface area contributed by atoms with E-state index in [0.717, 1.165) is 6.07 Å². The minimum atomic E-state index is -2.69. The summed E-state index contributed by atoms with van der Waals surface area (Å²) in [6.07, 6.45) is -2.69. The van der Waals surface area contributed by atoms with Gasteiger partial charge in [0.05, 0.1) is 29.6 Å². The highest BCUT2D eigenvalue weighted by molar-refractivity contribution is 6.16. The summed E-state index contributed by atoms with van der Waals surface area (Å²) >= 11 is 5.46. The molecule has 6 heteroatoms. The van der Waals surface area contributed by atoms with E-state index in [1.165, 1.54) is 0 Å². The number of nitrogens with zero attached hydrogens (tertiary/aromatic N) is 1. The van der Waals surface area contributed by atoms with E-state index in [4.69, 9.17) is 22.4 Å². The molecule has 0 amide bonds. The maximum atomic E-state index is 12.4. The van der Waals surface area contributed by atoms with E-state index >= 15 is 0 Å². The molecule has 3 N–H and O–H groups in total. The van der Waals surface area contributed by atoms with E-state index in [1.54, 1.807) is 0 Å². The first kappa shape index (κ1) is 11.1. The first-order valence-electron chi connectivity index (χ1n) is 3.83. The molecule has 1 heterocycles. The molecule has 0 aliphatic rings. The Bertz CT molecular complexity index is 333. The Labute approximate surface area is 84.5 Å². The highest BCUT2D eigenvalue weighted by atomic mass is 35.5. The largest absolute Gasteiger partial charge is 0.397 e. The number of aromatic nitrogens is 1. The third-order valence-corrected chi connectivity index (χ3v) is 2.02. The Hall–Kier alpha value is -0.940. The van der Waals surface area contributed by atoms with Crippen molar-refractivity contribution in [1.82, 2.24) is 4.98 Å². The lowest BCUT2D eigenvalue weighted by Crippen LogP contribution is -2.05. The predicted octanol–water partition coefficient (Wildman–Crippen LogP) is 1.83. The van der Waals surface area contributed by atoms with E-state index in [2.05, 4.69) is 4.98 Å². The number of hydrogen-bond donors (Lipinski definition) is 2. The normalized spacial score (nSPS) is 10.9. The molecule has 0 saturated carbocycles. The molecule has 0 unspecified atom stereocenters. The van der Waals surface area contributed by atoms with Crippen molar-refractivity contribution in [2.24, 2.45) is 0 Å². The summed E-state index contributed by atoms with van der Waals surface area (Å²) in [6, 6.07) is 1.14. The van der Waals surface area contributed by atoms with Gasteiger partial charge in [0.1, 0.15) is 0 Å². The number of alkyl halides is 3.